The third kappa shape index (κ3) is 5.11. The Balaban J connectivity index is 1.35. The number of amides is 1. The van der Waals surface area contributed by atoms with Gasteiger partial charge in [-0.05, 0) is 53.8 Å². The molecule has 2 aromatic carbocycles. The molecule has 3 heterocycles. The third-order valence-electron chi connectivity index (χ3n) is 9.01. The second-order valence-electron chi connectivity index (χ2n) is 11.9. The highest BCUT2D eigenvalue weighted by Gasteiger charge is 2.57. The molecular formula is C30H28F6N6O2. The Hall–Kier alpha value is -3.96. The number of nitrogens with zero attached hydrogens (tertiary/aromatic N) is 5. The number of hydrogen-bond acceptors (Lipinski definition) is 6. The molecule has 3 aromatic rings. The summed E-state index contributed by atoms with van der Waals surface area (Å²) in [5.74, 6) is -0.215. The smallest absolute Gasteiger partial charge is 0.363 e. The van der Waals surface area contributed by atoms with Crippen molar-refractivity contribution in [2.45, 2.75) is 55.6 Å². The first kappa shape index (κ1) is 30.1. The van der Waals surface area contributed by atoms with Crippen LogP contribution in [-0.2, 0) is 42.8 Å². The van der Waals surface area contributed by atoms with Gasteiger partial charge in [0.1, 0.15) is 12.2 Å². The van der Waals surface area contributed by atoms with Crippen molar-refractivity contribution in [3.05, 3.63) is 76.4 Å². The third-order valence-corrected chi connectivity index (χ3v) is 9.01. The van der Waals surface area contributed by atoms with E-state index < -0.39 is 54.3 Å². The first-order valence-corrected chi connectivity index (χ1v) is 14.0. The lowest BCUT2D eigenvalue weighted by atomic mass is 9.57. The molecule has 0 bridgehead atoms. The molecular weight excluding hydrogens is 590 g/mol. The van der Waals surface area contributed by atoms with Crippen LogP contribution in [0.1, 0.15) is 51.3 Å². The summed E-state index contributed by atoms with van der Waals surface area (Å²) in [7, 11) is 1.81. The molecule has 6 rings (SSSR count). The van der Waals surface area contributed by atoms with Crippen LogP contribution >= 0.6 is 0 Å². The monoisotopic (exact) mass is 618 g/mol. The first-order valence-electron chi connectivity index (χ1n) is 14.0. The number of anilines is 1. The van der Waals surface area contributed by atoms with E-state index in [1.165, 1.54) is 4.90 Å². The van der Waals surface area contributed by atoms with Crippen molar-refractivity contribution in [2.24, 2.45) is 13.0 Å². The van der Waals surface area contributed by atoms with Gasteiger partial charge < -0.3 is 19.5 Å². The molecule has 1 aliphatic carbocycles. The van der Waals surface area contributed by atoms with E-state index in [0.29, 0.717) is 36.8 Å². The Morgan fingerprint density at radius 2 is 1.91 bits per heavy atom. The maximum atomic E-state index is 14.3. The van der Waals surface area contributed by atoms with E-state index in [2.05, 4.69) is 21.6 Å². The van der Waals surface area contributed by atoms with Crippen LogP contribution in [0, 0.1) is 17.2 Å². The second kappa shape index (κ2) is 10.6. The molecule has 0 radical (unpaired) electrons. The molecule has 2 aliphatic heterocycles. The average Bonchev–Trinajstić information content (AvgIpc) is 3.51. The largest absolute Gasteiger partial charge is 0.419 e. The normalized spacial score (nSPS) is 25.5. The molecule has 1 amide bonds. The lowest BCUT2D eigenvalue weighted by molar-refractivity contribution is -0.282. The van der Waals surface area contributed by atoms with Crippen LogP contribution in [0.5, 0.6) is 0 Å². The standard InChI is InChI=1S/C30H28F6N6O2/c1-41-17-39-40-25(41)13-27(10-19(11-27)14-37)20-3-2-4-21(9-20)42-15-23-22(26(42)43)7-18(8-24(23)29(31,32)33)12-28(30(34,35)36)16-38-5-6-44-28/h2-4,7-9,17,19,38H,5-6,10-13,15-16H2,1H3. The summed E-state index contributed by atoms with van der Waals surface area (Å²) in [6.07, 6.45) is -7.54. The highest BCUT2D eigenvalue weighted by Crippen LogP contribution is 2.50. The molecule has 1 atom stereocenters. The average molecular weight is 619 g/mol. The number of ether oxygens (including phenoxy) is 1. The zero-order chi connectivity index (χ0) is 31.5. The quantitative estimate of drug-likeness (QED) is 0.396. The number of benzene rings is 2. The minimum atomic E-state index is -4.91. The molecule has 1 saturated carbocycles. The number of carbonyl (C=O) groups is 1. The molecule has 0 spiro atoms. The summed E-state index contributed by atoms with van der Waals surface area (Å²) < 4.78 is 92.2. The van der Waals surface area contributed by atoms with Crippen molar-refractivity contribution >= 4 is 11.6 Å². The molecule has 3 aliphatic rings. The maximum absolute atomic E-state index is 14.3. The number of halogens is 6. The fraction of sp³-hybridized carbons (Fsp3) is 0.467. The summed E-state index contributed by atoms with van der Waals surface area (Å²) in [4.78, 5) is 14.9. The molecule has 1 saturated heterocycles. The van der Waals surface area contributed by atoms with Gasteiger partial charge in [-0.25, -0.2) is 0 Å². The van der Waals surface area contributed by atoms with Gasteiger partial charge in [0.15, 0.2) is 5.60 Å². The molecule has 1 N–H and O–H groups in total. The van der Waals surface area contributed by atoms with Gasteiger partial charge in [0, 0.05) is 55.6 Å². The van der Waals surface area contributed by atoms with Crippen molar-refractivity contribution < 1.29 is 35.9 Å². The number of rotatable bonds is 6. The highest BCUT2D eigenvalue weighted by atomic mass is 19.4. The zero-order valence-electron chi connectivity index (χ0n) is 23.6. The summed E-state index contributed by atoms with van der Waals surface area (Å²) in [5.41, 5.74) is -4.07. The van der Waals surface area contributed by atoms with Crippen molar-refractivity contribution in [3.63, 3.8) is 0 Å². The lowest BCUT2D eigenvalue weighted by Gasteiger charge is -2.45. The Morgan fingerprint density at radius 1 is 1.14 bits per heavy atom. The predicted octanol–water partition coefficient (Wildman–Crippen LogP) is 4.87. The summed E-state index contributed by atoms with van der Waals surface area (Å²) in [5, 5.41) is 20.2. The van der Waals surface area contributed by atoms with Gasteiger partial charge in [-0.15, -0.1) is 10.2 Å². The number of alkyl halides is 6. The molecule has 14 heteroatoms. The lowest BCUT2D eigenvalue weighted by Crippen LogP contribution is -2.60. The number of aryl methyl sites for hydroxylation is 1. The van der Waals surface area contributed by atoms with E-state index in [1.807, 2.05) is 6.07 Å². The molecule has 2 fully saturated rings. The zero-order valence-corrected chi connectivity index (χ0v) is 23.6. The molecule has 44 heavy (non-hydrogen) atoms. The summed E-state index contributed by atoms with van der Waals surface area (Å²) in [6, 6.07) is 11.0. The predicted molar refractivity (Wildman–Crippen MR) is 144 cm³/mol. The van der Waals surface area contributed by atoms with Gasteiger partial charge in [0.25, 0.3) is 5.91 Å². The van der Waals surface area contributed by atoms with E-state index in [9.17, 15) is 36.4 Å². The molecule has 1 unspecified atom stereocenters. The second-order valence-corrected chi connectivity index (χ2v) is 11.9. The van der Waals surface area contributed by atoms with Crippen molar-refractivity contribution in [1.82, 2.24) is 20.1 Å². The Morgan fingerprint density at radius 3 is 2.52 bits per heavy atom. The van der Waals surface area contributed by atoms with Crippen molar-refractivity contribution in [3.8, 4) is 6.07 Å². The van der Waals surface area contributed by atoms with E-state index in [4.69, 9.17) is 4.74 Å². The topological polar surface area (TPSA) is 96.1 Å². The van der Waals surface area contributed by atoms with Crippen LogP contribution in [0.25, 0.3) is 0 Å². The Labute approximate surface area is 248 Å². The minimum Gasteiger partial charge on any atom is -0.363 e. The molecule has 1 aromatic heterocycles. The van der Waals surface area contributed by atoms with Crippen LogP contribution in [0.15, 0.2) is 42.7 Å². The van der Waals surface area contributed by atoms with Gasteiger partial charge in [0.05, 0.1) is 24.8 Å². The van der Waals surface area contributed by atoms with Gasteiger partial charge in [0.2, 0.25) is 0 Å². The Kier molecular flexibility index (Phi) is 7.24. The van der Waals surface area contributed by atoms with E-state index in [0.717, 1.165) is 11.6 Å². The summed E-state index contributed by atoms with van der Waals surface area (Å²) in [6.45, 7) is -1.09. The van der Waals surface area contributed by atoms with Crippen LogP contribution in [0.3, 0.4) is 0 Å². The number of morpholine rings is 1. The fourth-order valence-electron chi connectivity index (χ4n) is 6.65. The maximum Gasteiger partial charge on any atom is 0.419 e. The number of carbonyl (C=O) groups excluding carboxylic acids is 1. The number of nitriles is 1. The number of hydrogen-bond donors (Lipinski definition) is 1. The fourth-order valence-corrected chi connectivity index (χ4v) is 6.65. The SMILES string of the molecule is Cn1cnnc1CC1(c2cccc(N3Cc4c(cc(CC5(C(F)(F)F)CNCCO5)cc4C(F)(F)F)C3=O)c2)CC(C#N)C1. The van der Waals surface area contributed by atoms with E-state index in [-0.39, 0.29) is 35.8 Å². The van der Waals surface area contributed by atoms with Crippen molar-refractivity contribution in [2.75, 3.05) is 24.6 Å². The van der Waals surface area contributed by atoms with Crippen molar-refractivity contribution in [1.29, 1.82) is 5.26 Å². The molecule has 232 valence electrons. The van der Waals surface area contributed by atoms with Gasteiger partial charge >= 0.3 is 12.4 Å². The number of fused-ring (bicyclic) bond motifs is 1. The van der Waals surface area contributed by atoms with Crippen LogP contribution in [0.2, 0.25) is 0 Å². The number of aromatic nitrogens is 3. The van der Waals surface area contributed by atoms with Crippen LogP contribution in [0.4, 0.5) is 32.0 Å². The van der Waals surface area contributed by atoms with Crippen LogP contribution < -0.4 is 10.2 Å². The summed E-state index contributed by atoms with van der Waals surface area (Å²) >= 11 is 0. The highest BCUT2D eigenvalue weighted by molar-refractivity contribution is 6.10. The van der Waals surface area contributed by atoms with Crippen LogP contribution in [-0.4, -0.2) is 52.1 Å². The molecule has 8 nitrogen and oxygen atoms in total. The van der Waals surface area contributed by atoms with Gasteiger partial charge in [-0.3, -0.25) is 4.79 Å². The first-order chi connectivity index (χ1) is 20.8. The minimum absolute atomic E-state index is 0.180. The van der Waals surface area contributed by atoms with E-state index in [1.54, 1.807) is 36.1 Å². The Bertz CT molecular complexity index is 1630. The van der Waals surface area contributed by atoms with E-state index >= 15 is 0 Å². The number of nitrogens with one attached hydrogen (secondary N) is 1. The van der Waals surface area contributed by atoms with Gasteiger partial charge in [-0.1, -0.05) is 12.1 Å². The van der Waals surface area contributed by atoms with Gasteiger partial charge in [-0.2, -0.15) is 31.6 Å².